The van der Waals surface area contributed by atoms with E-state index in [1.54, 1.807) is 18.2 Å². The van der Waals surface area contributed by atoms with Crippen molar-refractivity contribution in [3.8, 4) is 0 Å². The number of cyclic esters (lactones) is 1. The molecule has 0 saturated carbocycles. The van der Waals surface area contributed by atoms with E-state index in [9.17, 15) is 14.4 Å². The number of aryl methyl sites for hydroxylation is 2. The Morgan fingerprint density at radius 3 is 2.63 bits per heavy atom. The Bertz CT molecular complexity index is 1080. The first-order valence-corrected chi connectivity index (χ1v) is 9.82. The van der Waals surface area contributed by atoms with E-state index in [1.165, 1.54) is 4.90 Å². The largest absolute Gasteiger partial charge is 0.456 e. The highest BCUT2D eigenvalue weighted by molar-refractivity contribution is 6.31. The Hall–Kier alpha value is -3.32. The number of hydrogen-bond donors (Lipinski definition) is 2. The molecular formula is C22H20ClN3O4. The van der Waals surface area contributed by atoms with Gasteiger partial charge in [0.2, 0.25) is 5.91 Å². The van der Waals surface area contributed by atoms with Crippen LogP contribution in [0.4, 0.5) is 10.5 Å². The number of nitrogens with zero attached hydrogens (tertiary/aromatic N) is 1. The van der Waals surface area contributed by atoms with Gasteiger partial charge >= 0.3 is 12.0 Å². The third kappa shape index (κ3) is 3.76. The lowest BCUT2D eigenvalue weighted by atomic mass is 9.95. The fourth-order valence-electron chi connectivity index (χ4n) is 3.50. The zero-order valence-corrected chi connectivity index (χ0v) is 17.2. The first kappa shape index (κ1) is 20.0. The number of amides is 3. The molecule has 0 bridgehead atoms. The summed E-state index contributed by atoms with van der Waals surface area (Å²) in [6, 6.07) is 11.6. The molecule has 1 atom stereocenters. The molecule has 3 amide bonds. The van der Waals surface area contributed by atoms with Gasteiger partial charge in [0.05, 0.1) is 17.3 Å². The smallest absolute Gasteiger partial charge is 0.338 e. The van der Waals surface area contributed by atoms with E-state index in [4.69, 9.17) is 16.3 Å². The fourth-order valence-corrected chi connectivity index (χ4v) is 3.68. The molecule has 0 fully saturated rings. The molecule has 0 spiro atoms. The van der Waals surface area contributed by atoms with Crippen molar-refractivity contribution in [1.82, 2.24) is 10.2 Å². The maximum Gasteiger partial charge on any atom is 0.338 e. The Labute approximate surface area is 178 Å². The first-order chi connectivity index (χ1) is 14.3. The van der Waals surface area contributed by atoms with Crippen molar-refractivity contribution in [3.05, 3.63) is 75.4 Å². The molecule has 0 radical (unpaired) electrons. The van der Waals surface area contributed by atoms with Crippen LogP contribution in [0.25, 0.3) is 0 Å². The number of anilines is 1. The SMILES string of the molecule is Cc1ccc(C2NC(=O)N(CC(=O)Nc3ccc(C)c(Cl)c3)C3=C2C(=O)OC3)cc1. The summed E-state index contributed by atoms with van der Waals surface area (Å²) in [5.74, 6) is -0.906. The molecule has 30 heavy (non-hydrogen) atoms. The average molecular weight is 426 g/mol. The van der Waals surface area contributed by atoms with Crippen LogP contribution in [0.5, 0.6) is 0 Å². The Balaban J connectivity index is 1.58. The van der Waals surface area contributed by atoms with Gasteiger partial charge in [0, 0.05) is 10.7 Å². The molecule has 2 aliphatic rings. The van der Waals surface area contributed by atoms with E-state index in [0.29, 0.717) is 22.0 Å². The quantitative estimate of drug-likeness (QED) is 0.734. The number of halogens is 1. The van der Waals surface area contributed by atoms with Crippen molar-refractivity contribution in [1.29, 1.82) is 0 Å². The summed E-state index contributed by atoms with van der Waals surface area (Å²) in [5.41, 5.74) is 4.02. The summed E-state index contributed by atoms with van der Waals surface area (Å²) in [6.45, 7) is 3.52. The van der Waals surface area contributed by atoms with Crippen molar-refractivity contribution in [2.24, 2.45) is 0 Å². The van der Waals surface area contributed by atoms with E-state index in [2.05, 4.69) is 10.6 Å². The average Bonchev–Trinajstić information content (AvgIpc) is 3.09. The first-order valence-electron chi connectivity index (χ1n) is 9.44. The van der Waals surface area contributed by atoms with Crippen molar-refractivity contribution in [3.63, 3.8) is 0 Å². The van der Waals surface area contributed by atoms with Crippen molar-refractivity contribution in [2.75, 3.05) is 18.5 Å². The number of nitrogens with one attached hydrogen (secondary N) is 2. The highest BCUT2D eigenvalue weighted by Crippen LogP contribution is 2.35. The minimum absolute atomic E-state index is 0.0480. The number of urea groups is 1. The maximum atomic E-state index is 12.8. The van der Waals surface area contributed by atoms with Crippen molar-refractivity contribution in [2.45, 2.75) is 19.9 Å². The van der Waals surface area contributed by atoms with Crippen LogP contribution in [0.1, 0.15) is 22.7 Å². The van der Waals surface area contributed by atoms with Gasteiger partial charge in [0.15, 0.2) is 0 Å². The molecule has 4 rings (SSSR count). The van der Waals surface area contributed by atoms with Gasteiger partial charge in [-0.05, 0) is 37.1 Å². The minimum atomic E-state index is -0.613. The van der Waals surface area contributed by atoms with Gasteiger partial charge in [-0.2, -0.15) is 0 Å². The second-order valence-corrected chi connectivity index (χ2v) is 7.74. The zero-order valence-electron chi connectivity index (χ0n) is 16.5. The Kier molecular flexibility index (Phi) is 5.22. The third-order valence-corrected chi connectivity index (χ3v) is 5.57. The van der Waals surface area contributed by atoms with Gasteiger partial charge in [-0.3, -0.25) is 9.69 Å². The summed E-state index contributed by atoms with van der Waals surface area (Å²) in [4.78, 5) is 39.0. The number of hydrogen-bond acceptors (Lipinski definition) is 4. The van der Waals surface area contributed by atoms with Gasteiger partial charge in [-0.15, -0.1) is 0 Å². The van der Waals surface area contributed by atoms with Crippen LogP contribution < -0.4 is 10.6 Å². The number of carbonyl (C=O) groups is 3. The van der Waals surface area contributed by atoms with Gasteiger partial charge in [-0.1, -0.05) is 47.5 Å². The number of rotatable bonds is 4. The second-order valence-electron chi connectivity index (χ2n) is 7.33. The topological polar surface area (TPSA) is 87.7 Å². The molecule has 2 N–H and O–H groups in total. The molecule has 1 unspecified atom stereocenters. The molecule has 0 aliphatic carbocycles. The fraction of sp³-hybridized carbons (Fsp3) is 0.227. The molecule has 7 nitrogen and oxygen atoms in total. The van der Waals surface area contributed by atoms with Crippen LogP contribution in [0, 0.1) is 13.8 Å². The van der Waals surface area contributed by atoms with Gasteiger partial charge < -0.3 is 15.4 Å². The molecular weight excluding hydrogens is 406 g/mol. The van der Waals surface area contributed by atoms with Crippen LogP contribution in [0.3, 0.4) is 0 Å². The summed E-state index contributed by atoms with van der Waals surface area (Å²) in [6.07, 6.45) is 0. The zero-order chi connectivity index (χ0) is 21.4. The van der Waals surface area contributed by atoms with Crippen molar-refractivity contribution >= 4 is 35.2 Å². The third-order valence-electron chi connectivity index (χ3n) is 5.17. The lowest BCUT2D eigenvalue weighted by molar-refractivity contribution is -0.136. The number of carbonyl (C=O) groups excluding carboxylic acids is 3. The molecule has 154 valence electrons. The number of ether oxygens (including phenoxy) is 1. The summed E-state index contributed by atoms with van der Waals surface area (Å²) in [5, 5.41) is 6.07. The van der Waals surface area contributed by atoms with E-state index in [0.717, 1.165) is 16.7 Å². The standard InChI is InChI=1S/C22H20ClN3O4/c1-12-3-6-14(7-4-12)20-19-17(11-30-21(19)28)26(22(29)25-20)10-18(27)24-15-8-5-13(2)16(23)9-15/h3-9,20H,10-11H2,1-2H3,(H,24,27)(H,25,29). The molecule has 2 aromatic carbocycles. The number of esters is 1. The van der Waals surface area contributed by atoms with E-state index >= 15 is 0 Å². The molecule has 2 aliphatic heterocycles. The normalized spacial score (nSPS) is 18.1. The summed E-state index contributed by atoms with van der Waals surface area (Å²) >= 11 is 6.10. The molecule has 0 aromatic heterocycles. The lowest BCUT2D eigenvalue weighted by Crippen LogP contribution is -2.49. The molecule has 2 aromatic rings. The van der Waals surface area contributed by atoms with Crippen LogP contribution in [-0.4, -0.2) is 36.0 Å². The molecule has 2 heterocycles. The van der Waals surface area contributed by atoms with Crippen LogP contribution in [0.2, 0.25) is 5.02 Å². The highest BCUT2D eigenvalue weighted by Gasteiger charge is 2.42. The van der Waals surface area contributed by atoms with Gasteiger partial charge in [0.25, 0.3) is 0 Å². The van der Waals surface area contributed by atoms with E-state index < -0.39 is 23.9 Å². The van der Waals surface area contributed by atoms with E-state index in [-0.39, 0.29) is 13.2 Å². The van der Waals surface area contributed by atoms with Crippen LogP contribution in [-0.2, 0) is 14.3 Å². The molecule has 8 heteroatoms. The lowest BCUT2D eigenvalue weighted by Gasteiger charge is -2.32. The highest BCUT2D eigenvalue weighted by atomic mass is 35.5. The maximum absolute atomic E-state index is 12.8. The van der Waals surface area contributed by atoms with Crippen LogP contribution in [0.15, 0.2) is 53.7 Å². The van der Waals surface area contributed by atoms with E-state index in [1.807, 2.05) is 38.1 Å². The molecule has 0 saturated heterocycles. The Morgan fingerprint density at radius 2 is 1.93 bits per heavy atom. The Morgan fingerprint density at radius 1 is 1.20 bits per heavy atom. The predicted octanol–water partition coefficient (Wildman–Crippen LogP) is 3.47. The van der Waals surface area contributed by atoms with Gasteiger partial charge in [-0.25, -0.2) is 9.59 Å². The summed E-state index contributed by atoms with van der Waals surface area (Å²) in [7, 11) is 0. The summed E-state index contributed by atoms with van der Waals surface area (Å²) < 4.78 is 5.19. The van der Waals surface area contributed by atoms with Crippen LogP contribution >= 0.6 is 11.6 Å². The second kappa shape index (κ2) is 7.84. The minimum Gasteiger partial charge on any atom is -0.456 e. The number of benzene rings is 2. The monoisotopic (exact) mass is 425 g/mol. The van der Waals surface area contributed by atoms with Crippen molar-refractivity contribution < 1.29 is 19.1 Å². The van der Waals surface area contributed by atoms with Gasteiger partial charge in [0.1, 0.15) is 13.2 Å². The predicted molar refractivity (Wildman–Crippen MR) is 112 cm³/mol.